The fraction of sp³-hybridized carbons (Fsp3) is 0.0968. The van der Waals surface area contributed by atoms with Gasteiger partial charge in [0.15, 0.2) is 0 Å². The Bertz CT molecular complexity index is 1590. The first kappa shape index (κ1) is 19.5. The van der Waals surface area contributed by atoms with Crippen LogP contribution in [0.25, 0.3) is 44.3 Å². The topological polar surface area (TPSA) is 36.7 Å². The maximum absolute atomic E-state index is 9.27. The first-order valence-electron chi connectivity index (χ1n) is 11.2. The summed E-state index contributed by atoms with van der Waals surface area (Å²) < 4.78 is 0. The van der Waals surface area contributed by atoms with Crippen LogP contribution in [-0.2, 0) is 5.41 Å². The molecular formula is C31H22N2. The molecule has 2 nitrogen and oxygen atoms in total. The monoisotopic (exact) mass is 422 g/mol. The highest BCUT2D eigenvalue weighted by molar-refractivity contribution is 5.97. The van der Waals surface area contributed by atoms with Gasteiger partial charge in [0.05, 0.1) is 17.3 Å². The van der Waals surface area contributed by atoms with Crippen LogP contribution in [0.2, 0.25) is 0 Å². The molecule has 2 heteroatoms. The lowest BCUT2D eigenvalue weighted by Gasteiger charge is -2.24. The first-order chi connectivity index (χ1) is 16.1. The summed E-state index contributed by atoms with van der Waals surface area (Å²) >= 11 is 0. The molecule has 0 saturated carbocycles. The summed E-state index contributed by atoms with van der Waals surface area (Å²) in [6, 6.07) is 34.1. The number of nitrogens with zero attached hydrogens (tertiary/aromatic N) is 2. The zero-order chi connectivity index (χ0) is 22.6. The molecule has 0 amide bonds. The van der Waals surface area contributed by atoms with Crippen LogP contribution in [0.5, 0.6) is 0 Å². The summed E-state index contributed by atoms with van der Waals surface area (Å²) in [6.07, 6.45) is 1.83. The zero-order valence-corrected chi connectivity index (χ0v) is 18.6. The van der Waals surface area contributed by atoms with Gasteiger partial charge in [0.1, 0.15) is 0 Å². The first-order valence-corrected chi connectivity index (χ1v) is 11.2. The Hall–Kier alpha value is -4.22. The molecule has 1 aliphatic rings. The third-order valence-electron chi connectivity index (χ3n) is 6.92. The van der Waals surface area contributed by atoms with E-state index < -0.39 is 0 Å². The molecule has 1 aliphatic carbocycles. The summed E-state index contributed by atoms with van der Waals surface area (Å²) in [5, 5.41) is 11.4. The SMILES string of the molecule is CC1(C)c2ccc(-c3nccc4cc(C#N)ccc34)cc2-c2cccc(-c3ccccc3)c21. The van der Waals surface area contributed by atoms with Crippen LogP contribution in [0.3, 0.4) is 0 Å². The van der Waals surface area contributed by atoms with Gasteiger partial charge in [0.25, 0.3) is 0 Å². The van der Waals surface area contributed by atoms with Gasteiger partial charge in [-0.3, -0.25) is 4.98 Å². The van der Waals surface area contributed by atoms with Gasteiger partial charge < -0.3 is 0 Å². The lowest BCUT2D eigenvalue weighted by molar-refractivity contribution is 0.662. The highest BCUT2D eigenvalue weighted by Gasteiger charge is 2.37. The van der Waals surface area contributed by atoms with Crippen molar-refractivity contribution in [2.45, 2.75) is 19.3 Å². The van der Waals surface area contributed by atoms with Gasteiger partial charge >= 0.3 is 0 Å². The second-order valence-corrected chi connectivity index (χ2v) is 9.19. The number of aromatic nitrogens is 1. The number of benzene rings is 4. The van der Waals surface area contributed by atoms with E-state index in [1.807, 2.05) is 30.5 Å². The Labute approximate surface area is 193 Å². The molecule has 0 unspecified atom stereocenters. The lowest BCUT2D eigenvalue weighted by Crippen LogP contribution is -2.16. The molecule has 5 aromatic rings. The van der Waals surface area contributed by atoms with E-state index in [0.717, 1.165) is 22.0 Å². The Balaban J connectivity index is 1.57. The van der Waals surface area contributed by atoms with Crippen molar-refractivity contribution in [3.8, 4) is 39.6 Å². The van der Waals surface area contributed by atoms with Crippen molar-refractivity contribution in [2.24, 2.45) is 0 Å². The van der Waals surface area contributed by atoms with Crippen molar-refractivity contribution in [1.82, 2.24) is 4.98 Å². The van der Waals surface area contributed by atoms with Crippen molar-refractivity contribution in [2.75, 3.05) is 0 Å². The number of nitriles is 1. The van der Waals surface area contributed by atoms with Gasteiger partial charge in [-0.05, 0) is 63.0 Å². The van der Waals surface area contributed by atoms with Crippen LogP contribution in [0.15, 0.2) is 97.2 Å². The Morgan fingerprint density at radius 3 is 2.36 bits per heavy atom. The largest absolute Gasteiger partial charge is 0.256 e. The van der Waals surface area contributed by atoms with E-state index in [1.165, 1.54) is 33.4 Å². The van der Waals surface area contributed by atoms with Crippen molar-refractivity contribution in [3.05, 3.63) is 114 Å². The van der Waals surface area contributed by atoms with Crippen LogP contribution < -0.4 is 0 Å². The minimum atomic E-state index is -0.0937. The van der Waals surface area contributed by atoms with E-state index >= 15 is 0 Å². The van der Waals surface area contributed by atoms with E-state index in [2.05, 4.69) is 86.6 Å². The summed E-state index contributed by atoms with van der Waals surface area (Å²) in [5.74, 6) is 0. The number of hydrogen-bond donors (Lipinski definition) is 0. The maximum Gasteiger partial charge on any atom is 0.0991 e. The summed E-state index contributed by atoms with van der Waals surface area (Å²) in [5.41, 5.74) is 10.5. The highest BCUT2D eigenvalue weighted by Crippen LogP contribution is 2.52. The Morgan fingerprint density at radius 1 is 0.727 bits per heavy atom. The van der Waals surface area contributed by atoms with Gasteiger partial charge in [-0.1, -0.05) is 80.6 Å². The summed E-state index contributed by atoms with van der Waals surface area (Å²) in [6.45, 7) is 4.65. The number of rotatable bonds is 2. The smallest absolute Gasteiger partial charge is 0.0991 e. The molecule has 1 heterocycles. The van der Waals surface area contributed by atoms with Crippen LogP contribution in [0.4, 0.5) is 0 Å². The highest BCUT2D eigenvalue weighted by atomic mass is 14.7. The van der Waals surface area contributed by atoms with Crippen molar-refractivity contribution >= 4 is 10.8 Å². The molecule has 4 aromatic carbocycles. The minimum Gasteiger partial charge on any atom is -0.256 e. The Morgan fingerprint density at radius 2 is 1.55 bits per heavy atom. The molecule has 1 aromatic heterocycles. The summed E-state index contributed by atoms with van der Waals surface area (Å²) in [4.78, 5) is 4.73. The molecule has 0 radical (unpaired) electrons. The van der Waals surface area contributed by atoms with Gasteiger partial charge in [-0.15, -0.1) is 0 Å². The molecule has 0 fully saturated rings. The average molecular weight is 423 g/mol. The van der Waals surface area contributed by atoms with E-state index in [4.69, 9.17) is 4.98 Å². The van der Waals surface area contributed by atoms with Gasteiger partial charge in [-0.2, -0.15) is 5.26 Å². The number of fused-ring (bicyclic) bond motifs is 4. The maximum atomic E-state index is 9.27. The molecule has 0 spiro atoms. The second-order valence-electron chi connectivity index (χ2n) is 9.19. The lowest BCUT2D eigenvalue weighted by atomic mass is 9.78. The summed E-state index contributed by atoms with van der Waals surface area (Å²) in [7, 11) is 0. The predicted molar refractivity (Wildman–Crippen MR) is 135 cm³/mol. The van der Waals surface area contributed by atoms with Crippen molar-refractivity contribution < 1.29 is 0 Å². The van der Waals surface area contributed by atoms with Gasteiger partial charge in [0.2, 0.25) is 0 Å². The van der Waals surface area contributed by atoms with Crippen LogP contribution in [0.1, 0.15) is 30.5 Å². The van der Waals surface area contributed by atoms with Crippen molar-refractivity contribution in [1.29, 1.82) is 5.26 Å². The van der Waals surface area contributed by atoms with E-state index in [1.54, 1.807) is 0 Å². The third-order valence-corrected chi connectivity index (χ3v) is 6.92. The predicted octanol–water partition coefficient (Wildman–Crippen LogP) is 7.75. The molecule has 33 heavy (non-hydrogen) atoms. The van der Waals surface area contributed by atoms with Crippen LogP contribution in [0, 0.1) is 11.3 Å². The molecule has 0 bridgehead atoms. The van der Waals surface area contributed by atoms with Crippen molar-refractivity contribution in [3.63, 3.8) is 0 Å². The minimum absolute atomic E-state index is 0.0937. The third kappa shape index (κ3) is 2.90. The second kappa shape index (κ2) is 7.15. The molecular weight excluding hydrogens is 400 g/mol. The van der Waals surface area contributed by atoms with E-state index in [-0.39, 0.29) is 5.41 Å². The molecule has 156 valence electrons. The van der Waals surface area contributed by atoms with E-state index in [0.29, 0.717) is 5.56 Å². The molecule has 0 saturated heterocycles. The molecule has 6 rings (SSSR count). The Kier molecular flexibility index (Phi) is 4.22. The van der Waals surface area contributed by atoms with Crippen LogP contribution >= 0.6 is 0 Å². The molecule has 0 N–H and O–H groups in total. The normalized spacial score (nSPS) is 13.4. The van der Waals surface area contributed by atoms with Gasteiger partial charge in [0, 0.05) is 22.6 Å². The molecule has 0 aliphatic heterocycles. The number of hydrogen-bond acceptors (Lipinski definition) is 2. The quantitative estimate of drug-likeness (QED) is 0.292. The number of pyridine rings is 1. The fourth-order valence-electron chi connectivity index (χ4n) is 5.38. The standard InChI is InChI=1S/C31H22N2/c1-31(2)28-14-12-23(30-25-13-11-20(19-32)17-22(25)15-16-33-30)18-27(28)26-10-6-9-24(29(26)31)21-7-4-3-5-8-21/h3-18H,1-2H3. The fourth-order valence-corrected chi connectivity index (χ4v) is 5.38. The van der Waals surface area contributed by atoms with Crippen LogP contribution in [-0.4, -0.2) is 4.98 Å². The van der Waals surface area contributed by atoms with E-state index in [9.17, 15) is 5.26 Å². The zero-order valence-electron chi connectivity index (χ0n) is 18.6. The molecule has 0 atom stereocenters. The average Bonchev–Trinajstić information content (AvgIpc) is 3.10. The van der Waals surface area contributed by atoms with Gasteiger partial charge in [-0.25, -0.2) is 0 Å².